The Kier molecular flexibility index (Phi) is 4.77. The zero-order valence-corrected chi connectivity index (χ0v) is 18.6. The number of methoxy groups -OCH3 is 1. The highest BCUT2D eigenvalue weighted by Crippen LogP contribution is 2.42. The highest BCUT2D eigenvalue weighted by molar-refractivity contribution is 7.90. The second-order valence-electron chi connectivity index (χ2n) is 7.77. The molecule has 0 N–H and O–H groups in total. The predicted molar refractivity (Wildman–Crippen MR) is 120 cm³/mol. The summed E-state index contributed by atoms with van der Waals surface area (Å²) in [5.74, 6) is 0.635. The van der Waals surface area contributed by atoms with Crippen LogP contribution in [0.5, 0.6) is 5.75 Å². The maximum atomic E-state index is 12.5. The van der Waals surface area contributed by atoms with E-state index in [1.54, 1.807) is 37.8 Å². The van der Waals surface area contributed by atoms with Gasteiger partial charge in [-0.15, -0.1) is 0 Å². The molecule has 0 spiro atoms. The second kappa shape index (κ2) is 7.05. The van der Waals surface area contributed by atoms with Gasteiger partial charge in [0.2, 0.25) is 0 Å². The third kappa shape index (κ3) is 3.21. The van der Waals surface area contributed by atoms with Crippen LogP contribution in [0.1, 0.15) is 5.56 Å². The van der Waals surface area contributed by atoms with Crippen molar-refractivity contribution in [1.82, 2.24) is 4.57 Å². The number of hydrogen-bond donors (Lipinski definition) is 0. The fourth-order valence-corrected chi connectivity index (χ4v) is 4.67. The SMILES string of the molecule is COc1cc(N2CCN(C)c3ccc(S(C)(=O)=O)cc32)c2cc(C)c(=O)n(C)c2c1. The summed E-state index contributed by atoms with van der Waals surface area (Å²) in [4.78, 5) is 17.0. The van der Waals surface area contributed by atoms with Crippen molar-refractivity contribution >= 4 is 37.8 Å². The molecule has 0 amide bonds. The van der Waals surface area contributed by atoms with Crippen LogP contribution in [0.4, 0.5) is 17.1 Å². The third-order valence-corrected chi connectivity index (χ3v) is 6.85. The third-order valence-electron chi connectivity index (χ3n) is 5.74. The van der Waals surface area contributed by atoms with Crippen molar-refractivity contribution in [2.45, 2.75) is 11.8 Å². The number of hydrogen-bond acceptors (Lipinski definition) is 6. The number of anilines is 3. The monoisotopic (exact) mass is 427 g/mol. The van der Waals surface area contributed by atoms with Crippen molar-refractivity contribution in [3.63, 3.8) is 0 Å². The number of ether oxygens (including phenoxy) is 1. The normalized spacial score (nSPS) is 14.2. The van der Waals surface area contributed by atoms with Gasteiger partial charge in [0.1, 0.15) is 5.75 Å². The lowest BCUT2D eigenvalue weighted by Crippen LogP contribution is -2.36. The molecule has 2 heterocycles. The fourth-order valence-electron chi connectivity index (χ4n) is 4.03. The summed E-state index contributed by atoms with van der Waals surface area (Å²) in [5.41, 5.74) is 4.00. The Morgan fingerprint density at radius 1 is 0.967 bits per heavy atom. The van der Waals surface area contributed by atoms with Gasteiger partial charge in [-0.2, -0.15) is 0 Å². The molecule has 158 valence electrons. The largest absolute Gasteiger partial charge is 0.497 e. The Morgan fingerprint density at radius 3 is 2.37 bits per heavy atom. The number of aryl methyl sites for hydroxylation is 2. The van der Waals surface area contributed by atoms with Crippen molar-refractivity contribution in [1.29, 1.82) is 0 Å². The summed E-state index contributed by atoms with van der Waals surface area (Å²) in [5, 5.41) is 0.913. The van der Waals surface area contributed by atoms with Crippen LogP contribution in [0.15, 0.2) is 46.1 Å². The minimum absolute atomic E-state index is 0.0557. The Balaban J connectivity index is 2.04. The van der Waals surface area contributed by atoms with Crippen LogP contribution in [0.2, 0.25) is 0 Å². The van der Waals surface area contributed by atoms with Gasteiger partial charge in [0, 0.05) is 56.5 Å². The smallest absolute Gasteiger partial charge is 0.253 e. The minimum atomic E-state index is -3.35. The maximum absolute atomic E-state index is 12.5. The van der Waals surface area contributed by atoms with Crippen LogP contribution < -0.4 is 20.1 Å². The molecule has 8 heteroatoms. The van der Waals surface area contributed by atoms with E-state index < -0.39 is 9.84 Å². The number of aromatic nitrogens is 1. The summed E-state index contributed by atoms with van der Waals surface area (Å²) in [6.45, 7) is 3.24. The standard InChI is InChI=1S/C22H25N3O4S/c1-14-10-17-19(24(3)22(14)26)11-15(29-4)12-20(17)25-9-8-23(2)18-7-6-16(13-21(18)25)30(5,27)28/h6-7,10-13H,8-9H2,1-5H3. The van der Waals surface area contributed by atoms with Gasteiger partial charge in [0.25, 0.3) is 5.56 Å². The number of nitrogens with zero attached hydrogens (tertiary/aromatic N) is 3. The Hall–Kier alpha value is -3.00. The predicted octanol–water partition coefficient (Wildman–Crippen LogP) is 2.85. The van der Waals surface area contributed by atoms with Crippen molar-refractivity contribution in [3.8, 4) is 5.75 Å². The van der Waals surface area contributed by atoms with Crippen molar-refractivity contribution in [2.75, 3.05) is 43.3 Å². The molecule has 1 aliphatic heterocycles. The Morgan fingerprint density at radius 2 is 1.70 bits per heavy atom. The second-order valence-corrected chi connectivity index (χ2v) is 9.78. The van der Waals surface area contributed by atoms with E-state index in [-0.39, 0.29) is 10.5 Å². The molecular formula is C22H25N3O4S. The Bertz CT molecular complexity index is 1330. The van der Waals surface area contributed by atoms with E-state index in [1.165, 1.54) is 6.26 Å². The van der Waals surface area contributed by atoms with Crippen LogP contribution in [0.25, 0.3) is 10.9 Å². The molecule has 30 heavy (non-hydrogen) atoms. The van der Waals surface area contributed by atoms with Crippen LogP contribution >= 0.6 is 0 Å². The van der Waals surface area contributed by atoms with Gasteiger partial charge in [-0.05, 0) is 31.2 Å². The first-order chi connectivity index (χ1) is 14.1. The maximum Gasteiger partial charge on any atom is 0.253 e. The molecule has 2 aromatic carbocycles. The highest BCUT2D eigenvalue weighted by atomic mass is 32.2. The van der Waals surface area contributed by atoms with Crippen molar-refractivity contribution < 1.29 is 13.2 Å². The van der Waals surface area contributed by atoms with Gasteiger partial charge in [-0.1, -0.05) is 0 Å². The lowest BCUT2D eigenvalue weighted by molar-refractivity contribution is 0.415. The molecule has 1 aromatic heterocycles. The molecular weight excluding hydrogens is 402 g/mol. The van der Waals surface area contributed by atoms with E-state index in [0.717, 1.165) is 34.5 Å². The van der Waals surface area contributed by atoms with Gasteiger partial charge in [0.05, 0.1) is 34.6 Å². The van der Waals surface area contributed by atoms with E-state index in [4.69, 9.17) is 4.74 Å². The average molecular weight is 428 g/mol. The van der Waals surface area contributed by atoms with Crippen molar-refractivity contribution in [3.05, 3.63) is 52.3 Å². The van der Waals surface area contributed by atoms with Crippen LogP contribution in [0.3, 0.4) is 0 Å². The zero-order valence-electron chi connectivity index (χ0n) is 17.8. The van der Waals surface area contributed by atoms with Gasteiger partial charge >= 0.3 is 0 Å². The number of rotatable bonds is 3. The topological polar surface area (TPSA) is 71.8 Å². The summed E-state index contributed by atoms with van der Waals surface area (Å²) < 4.78 is 31.5. The molecule has 7 nitrogen and oxygen atoms in total. The van der Waals surface area contributed by atoms with Crippen LogP contribution in [-0.4, -0.2) is 46.5 Å². The van der Waals surface area contributed by atoms with Crippen LogP contribution in [0, 0.1) is 6.92 Å². The fraction of sp³-hybridized carbons (Fsp3) is 0.318. The summed E-state index contributed by atoms with van der Waals surface area (Å²) in [6, 6.07) is 10.9. The molecule has 0 unspecified atom stereocenters. The molecule has 0 aliphatic carbocycles. The van der Waals surface area contributed by atoms with Gasteiger partial charge < -0.3 is 19.1 Å². The quantitative estimate of drug-likeness (QED) is 0.640. The first-order valence-electron chi connectivity index (χ1n) is 9.63. The molecule has 0 saturated carbocycles. The molecule has 3 aromatic rings. The molecule has 0 atom stereocenters. The number of fused-ring (bicyclic) bond motifs is 2. The summed E-state index contributed by atoms with van der Waals surface area (Å²) in [7, 11) is 1.99. The zero-order chi connectivity index (χ0) is 21.8. The molecule has 4 rings (SSSR count). The van der Waals surface area contributed by atoms with E-state index in [9.17, 15) is 13.2 Å². The van der Waals surface area contributed by atoms with Crippen molar-refractivity contribution in [2.24, 2.45) is 7.05 Å². The lowest BCUT2D eigenvalue weighted by atomic mass is 10.1. The number of benzene rings is 2. The summed E-state index contributed by atoms with van der Waals surface area (Å²) >= 11 is 0. The molecule has 0 fully saturated rings. The lowest BCUT2D eigenvalue weighted by Gasteiger charge is -2.38. The highest BCUT2D eigenvalue weighted by Gasteiger charge is 2.26. The molecule has 0 bridgehead atoms. The number of likely N-dealkylation sites (N-methyl/N-ethyl adjacent to an activating group) is 1. The summed E-state index contributed by atoms with van der Waals surface area (Å²) in [6.07, 6.45) is 1.21. The Labute approximate surface area is 176 Å². The molecule has 0 radical (unpaired) electrons. The van der Waals surface area contributed by atoms with E-state index in [0.29, 0.717) is 17.9 Å². The van der Waals surface area contributed by atoms with Gasteiger partial charge in [0.15, 0.2) is 9.84 Å². The molecule has 1 aliphatic rings. The first-order valence-corrected chi connectivity index (χ1v) is 11.5. The average Bonchev–Trinajstić information content (AvgIpc) is 2.71. The number of pyridine rings is 1. The number of sulfone groups is 1. The first kappa shape index (κ1) is 20.3. The minimum Gasteiger partial charge on any atom is -0.497 e. The van der Waals surface area contributed by atoms with E-state index in [1.807, 2.05) is 31.3 Å². The van der Waals surface area contributed by atoms with Gasteiger partial charge in [-0.3, -0.25) is 4.79 Å². The van der Waals surface area contributed by atoms with Gasteiger partial charge in [-0.25, -0.2) is 8.42 Å². The van der Waals surface area contributed by atoms with E-state index in [2.05, 4.69) is 9.80 Å². The van der Waals surface area contributed by atoms with Crippen LogP contribution in [-0.2, 0) is 16.9 Å². The molecule has 0 saturated heterocycles. The van der Waals surface area contributed by atoms with E-state index >= 15 is 0 Å².